The van der Waals surface area contributed by atoms with Gasteiger partial charge in [-0.3, -0.25) is 9.48 Å². The first-order valence-corrected chi connectivity index (χ1v) is 10.1. The lowest BCUT2D eigenvalue weighted by atomic mass is 10.3. The molecule has 1 saturated carbocycles. The number of hydrogen-bond acceptors (Lipinski definition) is 4. The van der Waals surface area contributed by atoms with Gasteiger partial charge in [0.2, 0.25) is 0 Å². The topological polar surface area (TPSA) is 68.0 Å². The molecule has 2 aromatic rings. The van der Waals surface area contributed by atoms with Crippen LogP contribution in [0.25, 0.3) is 0 Å². The predicted octanol–water partition coefficient (Wildman–Crippen LogP) is 1.78. The van der Waals surface area contributed by atoms with Gasteiger partial charge in [-0.1, -0.05) is 0 Å². The molecule has 0 aromatic carbocycles. The van der Waals surface area contributed by atoms with Crippen LogP contribution in [0.2, 0.25) is 0 Å². The molecular formula is C20H30N6O. The Hall–Kier alpha value is -2.15. The zero-order valence-electron chi connectivity index (χ0n) is 16.6. The first-order valence-electron chi connectivity index (χ1n) is 10.1. The van der Waals surface area contributed by atoms with Crippen molar-refractivity contribution in [3.63, 3.8) is 0 Å². The molecule has 2 aromatic heterocycles. The third-order valence-electron chi connectivity index (χ3n) is 5.54. The van der Waals surface area contributed by atoms with Crippen LogP contribution in [0.5, 0.6) is 0 Å². The second-order valence-electron chi connectivity index (χ2n) is 8.21. The van der Waals surface area contributed by atoms with Crippen LogP contribution in [-0.2, 0) is 19.5 Å². The number of nitrogens with zero attached hydrogens (tertiary/aromatic N) is 5. The van der Waals surface area contributed by atoms with E-state index in [9.17, 15) is 4.79 Å². The third kappa shape index (κ3) is 4.40. The zero-order valence-corrected chi connectivity index (χ0v) is 16.6. The van der Waals surface area contributed by atoms with E-state index in [4.69, 9.17) is 0 Å². The van der Waals surface area contributed by atoms with Gasteiger partial charge in [-0.25, -0.2) is 4.98 Å². The van der Waals surface area contributed by atoms with E-state index >= 15 is 0 Å². The number of hydrogen-bond donors (Lipinski definition) is 1. The van der Waals surface area contributed by atoms with Crippen molar-refractivity contribution in [3.05, 3.63) is 35.2 Å². The van der Waals surface area contributed by atoms with Gasteiger partial charge in [-0.05, 0) is 45.6 Å². The van der Waals surface area contributed by atoms with Crippen molar-refractivity contribution < 1.29 is 4.79 Å². The number of rotatable bonds is 6. The highest BCUT2D eigenvalue weighted by molar-refractivity contribution is 5.92. The molecule has 7 heteroatoms. The van der Waals surface area contributed by atoms with Gasteiger partial charge in [-0.2, -0.15) is 5.10 Å². The van der Waals surface area contributed by atoms with Crippen LogP contribution < -0.4 is 5.32 Å². The summed E-state index contributed by atoms with van der Waals surface area (Å²) in [6.07, 6.45) is 5.62. The lowest BCUT2D eigenvalue weighted by Crippen LogP contribution is -2.36. The summed E-state index contributed by atoms with van der Waals surface area (Å²) in [5.41, 5.74) is 2.64. The first kappa shape index (κ1) is 18.2. The third-order valence-corrected chi connectivity index (χ3v) is 5.54. The van der Waals surface area contributed by atoms with Gasteiger partial charge in [0.1, 0.15) is 11.5 Å². The Labute approximate surface area is 160 Å². The summed E-state index contributed by atoms with van der Waals surface area (Å²) >= 11 is 0. The van der Waals surface area contributed by atoms with Gasteiger partial charge >= 0.3 is 0 Å². The Morgan fingerprint density at radius 1 is 1.30 bits per heavy atom. The summed E-state index contributed by atoms with van der Waals surface area (Å²) in [5.74, 6) is 1.85. The first-order chi connectivity index (χ1) is 13.0. The minimum atomic E-state index is -0.0977. The fourth-order valence-corrected chi connectivity index (χ4v) is 3.89. The van der Waals surface area contributed by atoms with Gasteiger partial charge in [0.25, 0.3) is 5.91 Å². The second-order valence-corrected chi connectivity index (χ2v) is 8.21. The molecular weight excluding hydrogens is 340 g/mol. The van der Waals surface area contributed by atoms with E-state index in [2.05, 4.69) is 24.9 Å². The Kier molecular flexibility index (Phi) is 5.04. The average Bonchev–Trinajstić information content (AvgIpc) is 3.29. The van der Waals surface area contributed by atoms with Crippen LogP contribution in [0.1, 0.15) is 47.5 Å². The van der Waals surface area contributed by atoms with Crippen molar-refractivity contribution in [2.75, 3.05) is 19.6 Å². The molecule has 1 amide bonds. The van der Waals surface area contributed by atoms with E-state index in [1.54, 1.807) is 0 Å². The van der Waals surface area contributed by atoms with Gasteiger partial charge in [0.15, 0.2) is 0 Å². The number of imidazole rings is 1. The maximum absolute atomic E-state index is 12.6. The molecule has 1 aliphatic carbocycles. The number of amides is 1. The average molecular weight is 371 g/mol. The Morgan fingerprint density at radius 3 is 2.81 bits per heavy atom. The molecule has 0 bridgehead atoms. The van der Waals surface area contributed by atoms with E-state index < -0.39 is 0 Å². The molecule has 7 nitrogen and oxygen atoms in total. The molecule has 0 radical (unpaired) electrons. The maximum atomic E-state index is 12.6. The van der Waals surface area contributed by atoms with E-state index in [0.717, 1.165) is 49.2 Å². The molecule has 1 aliphatic heterocycles. The highest BCUT2D eigenvalue weighted by Gasteiger charge is 2.26. The molecule has 3 heterocycles. The molecule has 1 N–H and O–H groups in total. The number of nitrogens with one attached hydrogen (secondary N) is 1. The summed E-state index contributed by atoms with van der Waals surface area (Å²) in [7, 11) is 0. The highest BCUT2D eigenvalue weighted by atomic mass is 16.2. The number of aryl methyl sites for hydroxylation is 2. The quantitative estimate of drug-likeness (QED) is 0.842. The monoisotopic (exact) mass is 370 g/mol. The zero-order chi connectivity index (χ0) is 19.0. The number of carbonyl (C=O) groups is 1. The predicted molar refractivity (Wildman–Crippen MR) is 104 cm³/mol. The molecule has 0 saturated heterocycles. The van der Waals surface area contributed by atoms with Crippen LogP contribution in [0, 0.1) is 19.8 Å². The van der Waals surface area contributed by atoms with Crippen LogP contribution in [0.4, 0.5) is 0 Å². The SMILES string of the molecule is Cc1cc(C)n(CC(C)NC(=O)c2cn3c(n2)CCN(CC2CC2)CC3)n1. The number of fused-ring (bicyclic) bond motifs is 1. The van der Waals surface area contributed by atoms with Crippen molar-refractivity contribution in [2.45, 2.75) is 59.2 Å². The fourth-order valence-electron chi connectivity index (χ4n) is 3.89. The summed E-state index contributed by atoms with van der Waals surface area (Å²) in [5, 5.41) is 7.53. The smallest absolute Gasteiger partial charge is 0.271 e. The maximum Gasteiger partial charge on any atom is 0.271 e. The van der Waals surface area contributed by atoms with Gasteiger partial charge in [-0.15, -0.1) is 0 Å². The van der Waals surface area contributed by atoms with Crippen molar-refractivity contribution in [1.29, 1.82) is 0 Å². The Bertz CT molecular complexity index is 793. The molecule has 1 unspecified atom stereocenters. The van der Waals surface area contributed by atoms with Gasteiger partial charge in [0.05, 0.1) is 12.2 Å². The van der Waals surface area contributed by atoms with E-state index in [-0.39, 0.29) is 11.9 Å². The summed E-state index contributed by atoms with van der Waals surface area (Å²) in [4.78, 5) is 19.8. The minimum absolute atomic E-state index is 0.00830. The van der Waals surface area contributed by atoms with Crippen molar-refractivity contribution >= 4 is 5.91 Å². The standard InChI is InChI=1S/C20H30N6O/c1-14-10-16(3)26(23-14)11-15(2)21-20(27)18-13-25-9-8-24(12-17-4-5-17)7-6-19(25)22-18/h10,13,15,17H,4-9,11-12H2,1-3H3,(H,21,27). The van der Waals surface area contributed by atoms with Crippen molar-refractivity contribution in [3.8, 4) is 0 Å². The Balaban J connectivity index is 1.34. The fraction of sp³-hybridized carbons (Fsp3) is 0.650. The van der Waals surface area contributed by atoms with Crippen molar-refractivity contribution in [2.24, 2.45) is 5.92 Å². The van der Waals surface area contributed by atoms with Crippen LogP contribution in [0.3, 0.4) is 0 Å². The van der Waals surface area contributed by atoms with E-state index in [0.29, 0.717) is 12.2 Å². The molecule has 27 heavy (non-hydrogen) atoms. The normalized spacial score (nSPS) is 18.8. The Morgan fingerprint density at radius 2 is 2.11 bits per heavy atom. The van der Waals surface area contributed by atoms with Crippen molar-refractivity contribution in [1.82, 2.24) is 29.5 Å². The van der Waals surface area contributed by atoms with Crippen LogP contribution in [-0.4, -0.2) is 55.8 Å². The second kappa shape index (κ2) is 7.46. The van der Waals surface area contributed by atoms with Crippen LogP contribution >= 0.6 is 0 Å². The summed E-state index contributed by atoms with van der Waals surface area (Å²) in [6.45, 7) is 10.9. The van der Waals surface area contributed by atoms with Gasteiger partial charge in [0, 0.05) is 50.5 Å². The van der Waals surface area contributed by atoms with Crippen LogP contribution in [0.15, 0.2) is 12.3 Å². The molecule has 0 spiro atoms. The summed E-state index contributed by atoms with van der Waals surface area (Å²) in [6, 6.07) is 2.04. The van der Waals surface area contributed by atoms with Gasteiger partial charge < -0.3 is 14.8 Å². The molecule has 4 rings (SSSR count). The van der Waals surface area contributed by atoms with E-state index in [1.165, 1.54) is 19.4 Å². The lowest BCUT2D eigenvalue weighted by Gasteiger charge is -2.18. The molecule has 1 atom stereocenters. The number of aromatic nitrogens is 4. The largest absolute Gasteiger partial charge is 0.346 e. The summed E-state index contributed by atoms with van der Waals surface area (Å²) < 4.78 is 4.10. The molecule has 1 fully saturated rings. The number of carbonyl (C=O) groups excluding carboxylic acids is 1. The highest BCUT2D eigenvalue weighted by Crippen LogP contribution is 2.30. The molecule has 146 valence electrons. The lowest BCUT2D eigenvalue weighted by molar-refractivity contribution is 0.0931. The van der Waals surface area contributed by atoms with E-state index in [1.807, 2.05) is 37.7 Å². The molecule has 2 aliphatic rings. The minimum Gasteiger partial charge on any atom is -0.346 e.